The maximum Gasteiger partial charge on any atom is 0.195 e. The third-order valence-electron chi connectivity index (χ3n) is 2.83. The summed E-state index contributed by atoms with van der Waals surface area (Å²) in [5.74, 6) is 5.88. The minimum absolute atomic E-state index is 0.0830. The summed E-state index contributed by atoms with van der Waals surface area (Å²) in [7, 11) is 1.84. The normalized spacial score (nSPS) is 9.65. The Morgan fingerprint density at radius 2 is 1.95 bits per heavy atom. The monoisotopic (exact) mass is 264 g/mol. The van der Waals surface area contributed by atoms with Gasteiger partial charge in [0.15, 0.2) is 5.78 Å². The smallest absolute Gasteiger partial charge is 0.195 e. The van der Waals surface area contributed by atoms with Crippen molar-refractivity contribution in [3.05, 3.63) is 65.2 Å². The number of nitrogens with two attached hydrogens (primary N) is 1. The average molecular weight is 264 g/mol. The van der Waals surface area contributed by atoms with Crippen LogP contribution in [0.15, 0.2) is 48.5 Å². The van der Waals surface area contributed by atoms with Crippen molar-refractivity contribution in [2.45, 2.75) is 0 Å². The zero-order chi connectivity index (χ0) is 14.4. The van der Waals surface area contributed by atoms with Gasteiger partial charge in [0.1, 0.15) is 0 Å². The SMILES string of the molecule is CNCC#Cc1ccc(N)c(C(=O)c2ccccc2)c1. The minimum atomic E-state index is -0.0830. The predicted molar refractivity (Wildman–Crippen MR) is 81.5 cm³/mol. The Hall–Kier alpha value is -2.57. The van der Waals surface area contributed by atoms with Gasteiger partial charge in [-0.1, -0.05) is 42.2 Å². The summed E-state index contributed by atoms with van der Waals surface area (Å²) in [6.07, 6.45) is 0. The van der Waals surface area contributed by atoms with Gasteiger partial charge in [0.25, 0.3) is 0 Å². The molecule has 0 fully saturated rings. The van der Waals surface area contributed by atoms with Gasteiger partial charge in [0.2, 0.25) is 0 Å². The Kier molecular flexibility index (Phi) is 4.54. The van der Waals surface area contributed by atoms with Crippen molar-refractivity contribution in [1.29, 1.82) is 0 Å². The Balaban J connectivity index is 2.35. The predicted octanol–water partition coefficient (Wildman–Crippen LogP) is 2.07. The van der Waals surface area contributed by atoms with E-state index in [-0.39, 0.29) is 5.78 Å². The van der Waals surface area contributed by atoms with Gasteiger partial charge in [-0.25, -0.2) is 0 Å². The van der Waals surface area contributed by atoms with Crippen LogP contribution >= 0.6 is 0 Å². The Morgan fingerprint density at radius 1 is 1.20 bits per heavy atom. The number of nitrogen functional groups attached to an aromatic ring is 1. The fourth-order valence-corrected chi connectivity index (χ4v) is 1.81. The standard InChI is InChI=1S/C17H16N2O/c1-19-11-5-6-13-9-10-16(18)15(12-13)17(20)14-7-3-2-4-8-14/h2-4,7-10,12,19H,11,18H2,1H3. The first-order valence-corrected chi connectivity index (χ1v) is 6.35. The Labute approximate surface area is 118 Å². The van der Waals surface area contributed by atoms with Crippen molar-refractivity contribution in [2.24, 2.45) is 0 Å². The molecule has 0 amide bonds. The first kappa shape index (κ1) is 13.9. The molecule has 0 bridgehead atoms. The van der Waals surface area contributed by atoms with Crippen molar-refractivity contribution in [1.82, 2.24) is 5.32 Å². The number of anilines is 1. The van der Waals surface area contributed by atoms with E-state index in [4.69, 9.17) is 5.73 Å². The van der Waals surface area contributed by atoms with E-state index >= 15 is 0 Å². The molecule has 0 aliphatic heterocycles. The van der Waals surface area contributed by atoms with Crippen molar-refractivity contribution >= 4 is 11.5 Å². The number of rotatable bonds is 3. The second kappa shape index (κ2) is 6.55. The van der Waals surface area contributed by atoms with Crippen molar-refractivity contribution < 1.29 is 4.79 Å². The third kappa shape index (κ3) is 3.25. The van der Waals surface area contributed by atoms with Gasteiger partial charge in [-0.3, -0.25) is 4.79 Å². The van der Waals surface area contributed by atoms with Crippen LogP contribution in [0.3, 0.4) is 0 Å². The zero-order valence-electron chi connectivity index (χ0n) is 11.3. The topological polar surface area (TPSA) is 55.1 Å². The van der Waals surface area contributed by atoms with Crippen LogP contribution in [0.2, 0.25) is 0 Å². The highest BCUT2D eigenvalue weighted by Crippen LogP contribution is 2.18. The number of benzene rings is 2. The quantitative estimate of drug-likeness (QED) is 0.507. The molecule has 2 rings (SSSR count). The van der Waals surface area contributed by atoms with Gasteiger partial charge in [0, 0.05) is 22.4 Å². The fraction of sp³-hybridized carbons (Fsp3) is 0.118. The molecule has 0 aliphatic carbocycles. The van der Waals surface area contributed by atoms with Crippen molar-refractivity contribution in [3.8, 4) is 11.8 Å². The lowest BCUT2D eigenvalue weighted by Crippen LogP contribution is -2.06. The third-order valence-corrected chi connectivity index (χ3v) is 2.83. The molecule has 3 nitrogen and oxygen atoms in total. The first-order chi connectivity index (χ1) is 9.72. The first-order valence-electron chi connectivity index (χ1n) is 6.35. The lowest BCUT2D eigenvalue weighted by atomic mass is 10.00. The van der Waals surface area contributed by atoms with Crippen LogP contribution in [0.4, 0.5) is 5.69 Å². The molecule has 0 unspecified atom stereocenters. The van der Waals surface area contributed by atoms with Gasteiger partial charge in [-0.15, -0.1) is 0 Å². The highest BCUT2D eigenvalue weighted by Gasteiger charge is 2.12. The van der Waals surface area contributed by atoms with Gasteiger partial charge < -0.3 is 11.1 Å². The molecular weight excluding hydrogens is 248 g/mol. The van der Waals surface area contributed by atoms with E-state index in [0.29, 0.717) is 23.4 Å². The molecule has 0 saturated heterocycles. The van der Waals surface area contributed by atoms with Crippen molar-refractivity contribution in [2.75, 3.05) is 19.3 Å². The van der Waals surface area contributed by atoms with Gasteiger partial charge >= 0.3 is 0 Å². The molecular formula is C17H16N2O. The fourth-order valence-electron chi connectivity index (χ4n) is 1.81. The van der Waals surface area contributed by atoms with E-state index in [9.17, 15) is 4.79 Å². The summed E-state index contributed by atoms with van der Waals surface area (Å²) in [5, 5.41) is 2.95. The Morgan fingerprint density at radius 3 is 2.65 bits per heavy atom. The van der Waals surface area contributed by atoms with E-state index in [1.165, 1.54) is 0 Å². The van der Waals surface area contributed by atoms with E-state index in [0.717, 1.165) is 5.56 Å². The average Bonchev–Trinajstić information content (AvgIpc) is 2.49. The largest absolute Gasteiger partial charge is 0.398 e. The highest BCUT2D eigenvalue weighted by molar-refractivity contribution is 6.12. The van der Waals surface area contributed by atoms with E-state index < -0.39 is 0 Å². The molecule has 2 aromatic carbocycles. The molecule has 3 heteroatoms. The maximum atomic E-state index is 12.4. The van der Waals surface area contributed by atoms with Gasteiger partial charge in [-0.2, -0.15) is 0 Å². The maximum absolute atomic E-state index is 12.4. The van der Waals surface area contributed by atoms with E-state index in [1.54, 1.807) is 24.3 Å². The lowest BCUT2D eigenvalue weighted by molar-refractivity contribution is 0.103. The second-order valence-electron chi connectivity index (χ2n) is 4.33. The van der Waals surface area contributed by atoms with Crippen LogP contribution in [-0.4, -0.2) is 19.4 Å². The summed E-state index contributed by atoms with van der Waals surface area (Å²) in [4.78, 5) is 12.4. The molecule has 0 heterocycles. The molecule has 0 atom stereocenters. The van der Waals surface area contributed by atoms with Gasteiger partial charge in [0.05, 0.1) is 6.54 Å². The number of nitrogens with one attached hydrogen (secondary N) is 1. The summed E-state index contributed by atoms with van der Waals surface area (Å²) >= 11 is 0. The summed E-state index contributed by atoms with van der Waals surface area (Å²) < 4.78 is 0. The number of hydrogen-bond acceptors (Lipinski definition) is 3. The lowest BCUT2D eigenvalue weighted by Gasteiger charge is -2.05. The summed E-state index contributed by atoms with van der Waals surface area (Å²) in [5.41, 5.74) is 8.28. The van der Waals surface area contributed by atoms with Crippen LogP contribution in [0, 0.1) is 11.8 Å². The van der Waals surface area contributed by atoms with Crippen LogP contribution < -0.4 is 11.1 Å². The molecule has 0 spiro atoms. The van der Waals surface area contributed by atoms with Crippen LogP contribution in [0.5, 0.6) is 0 Å². The Bertz CT molecular complexity index is 666. The molecule has 0 saturated carbocycles. The van der Waals surface area contributed by atoms with Gasteiger partial charge in [-0.05, 0) is 25.2 Å². The molecule has 3 N–H and O–H groups in total. The van der Waals surface area contributed by atoms with Crippen LogP contribution in [0.25, 0.3) is 0 Å². The highest BCUT2D eigenvalue weighted by atomic mass is 16.1. The molecule has 100 valence electrons. The second-order valence-corrected chi connectivity index (χ2v) is 4.33. The van der Waals surface area contributed by atoms with E-state index in [2.05, 4.69) is 17.2 Å². The molecule has 20 heavy (non-hydrogen) atoms. The summed E-state index contributed by atoms with van der Waals surface area (Å²) in [6.45, 7) is 0.604. The molecule has 0 aliphatic rings. The van der Waals surface area contributed by atoms with Crippen LogP contribution in [0.1, 0.15) is 21.5 Å². The minimum Gasteiger partial charge on any atom is -0.398 e. The number of ketones is 1. The van der Waals surface area contributed by atoms with Crippen molar-refractivity contribution in [3.63, 3.8) is 0 Å². The number of hydrogen-bond donors (Lipinski definition) is 2. The number of carbonyl (C=O) groups is 1. The van der Waals surface area contributed by atoms with E-state index in [1.807, 2.05) is 31.3 Å². The molecule has 2 aromatic rings. The zero-order valence-corrected chi connectivity index (χ0v) is 11.3. The molecule has 0 radical (unpaired) electrons. The molecule has 0 aromatic heterocycles. The number of carbonyl (C=O) groups excluding carboxylic acids is 1. The van der Waals surface area contributed by atoms with Crippen LogP contribution in [-0.2, 0) is 0 Å². The summed E-state index contributed by atoms with van der Waals surface area (Å²) in [6, 6.07) is 14.4.